The molecule has 0 bridgehead atoms. The van der Waals surface area contributed by atoms with Crippen LogP contribution in [0.3, 0.4) is 0 Å². The molecule has 1 amide bonds. The molecule has 0 atom stereocenters. The Kier molecular flexibility index (Phi) is 6.59. The van der Waals surface area contributed by atoms with E-state index >= 15 is 0 Å². The number of carbonyl (C=O) groups excluding carboxylic acids is 1. The number of anilines is 1. The van der Waals surface area contributed by atoms with Crippen LogP contribution in [0.1, 0.15) is 84.8 Å². The summed E-state index contributed by atoms with van der Waals surface area (Å²) < 4.78 is 0. The Balaban J connectivity index is 1.15. The number of nitrogens with one attached hydrogen (secondary N) is 1. The first kappa shape index (κ1) is 21.6. The molecule has 2 saturated carbocycles. The van der Waals surface area contributed by atoms with Gasteiger partial charge in [0.2, 0.25) is 5.91 Å². The molecule has 3 aliphatic carbocycles. The van der Waals surface area contributed by atoms with E-state index < -0.39 is 0 Å². The Bertz CT molecular complexity index is 1010. The second kappa shape index (κ2) is 9.74. The second-order valence-electron chi connectivity index (χ2n) is 9.87. The minimum atomic E-state index is -0.00391. The highest BCUT2D eigenvalue weighted by molar-refractivity contribution is 7.11. The number of hydrogen-bond acceptors (Lipinski definition) is 3. The van der Waals surface area contributed by atoms with Crippen molar-refractivity contribution in [2.45, 2.75) is 83.5 Å². The molecule has 5 rings (SSSR count). The quantitative estimate of drug-likeness (QED) is 0.305. The zero-order chi connectivity index (χ0) is 21.9. The van der Waals surface area contributed by atoms with Gasteiger partial charge in [0.05, 0.1) is 10.7 Å². The van der Waals surface area contributed by atoms with Gasteiger partial charge in [0.15, 0.2) is 0 Å². The van der Waals surface area contributed by atoms with Crippen LogP contribution in [0, 0.1) is 12.8 Å². The molecule has 0 saturated heterocycles. The van der Waals surface area contributed by atoms with E-state index in [2.05, 4.69) is 11.4 Å². The van der Waals surface area contributed by atoms with E-state index in [9.17, 15) is 4.79 Å². The fraction of sp³-hybridized carbons (Fsp3) is 0.500. The third-order valence-electron chi connectivity index (χ3n) is 7.37. The van der Waals surface area contributed by atoms with Gasteiger partial charge in [-0.15, -0.1) is 11.3 Å². The molecule has 168 valence electrons. The third-order valence-corrected chi connectivity index (χ3v) is 8.69. The Morgan fingerprint density at radius 3 is 2.59 bits per heavy atom. The van der Waals surface area contributed by atoms with Gasteiger partial charge >= 0.3 is 0 Å². The molecule has 1 N–H and O–H groups in total. The van der Waals surface area contributed by atoms with Crippen LogP contribution in [-0.2, 0) is 17.6 Å². The van der Waals surface area contributed by atoms with Crippen LogP contribution in [0.15, 0.2) is 47.6 Å². The molecule has 2 fully saturated rings. The zero-order valence-corrected chi connectivity index (χ0v) is 20.0. The van der Waals surface area contributed by atoms with Gasteiger partial charge < -0.3 is 5.32 Å². The molecule has 1 aromatic carbocycles. The van der Waals surface area contributed by atoms with Crippen molar-refractivity contribution in [3.63, 3.8) is 0 Å². The smallest absolute Gasteiger partial charge is 0.248 e. The van der Waals surface area contributed by atoms with E-state index in [0.717, 1.165) is 49.3 Å². The molecular formula is C28H34N2OS. The number of amides is 1. The third kappa shape index (κ3) is 5.23. The highest BCUT2D eigenvalue weighted by Crippen LogP contribution is 2.40. The minimum absolute atomic E-state index is 0.00391. The van der Waals surface area contributed by atoms with Gasteiger partial charge in [-0.05, 0) is 94.7 Å². The van der Waals surface area contributed by atoms with E-state index in [0.29, 0.717) is 5.92 Å². The Hall–Kier alpha value is -2.20. The topological polar surface area (TPSA) is 42.0 Å². The molecule has 0 aliphatic heterocycles. The highest BCUT2D eigenvalue weighted by atomic mass is 32.1. The molecule has 3 aliphatic rings. The summed E-state index contributed by atoms with van der Waals surface area (Å²) in [5.74, 6) is 1.43. The van der Waals surface area contributed by atoms with Gasteiger partial charge in [0, 0.05) is 22.6 Å². The monoisotopic (exact) mass is 446 g/mol. The summed E-state index contributed by atoms with van der Waals surface area (Å²) in [4.78, 5) is 19.1. The van der Waals surface area contributed by atoms with Crippen molar-refractivity contribution >= 4 is 22.9 Å². The van der Waals surface area contributed by atoms with Crippen molar-refractivity contribution in [3.05, 3.63) is 68.7 Å². The first-order valence-corrected chi connectivity index (χ1v) is 13.2. The summed E-state index contributed by atoms with van der Waals surface area (Å²) in [5, 5.41) is 4.36. The van der Waals surface area contributed by atoms with Gasteiger partial charge in [-0.3, -0.25) is 4.79 Å². The summed E-state index contributed by atoms with van der Waals surface area (Å²) in [6.07, 6.45) is 17.6. The number of carbonyl (C=O) groups is 1. The van der Waals surface area contributed by atoms with Crippen LogP contribution < -0.4 is 5.32 Å². The standard InChI is InChI=1S/C28H34N2OS/c1-19-4-2-7-24(16-19)29-27(31)18-22-8-12-23(13-9-22)28-30-25-14-10-21(11-15-26(25)32-28)17-20-5-3-6-20/h2,4,7,16-18,20,23H,3,5-6,8-15H2,1H3,(H,29,31). The predicted molar refractivity (Wildman–Crippen MR) is 133 cm³/mol. The van der Waals surface area contributed by atoms with Crippen LogP contribution in [0.5, 0.6) is 0 Å². The van der Waals surface area contributed by atoms with Crippen LogP contribution in [0.25, 0.3) is 0 Å². The summed E-state index contributed by atoms with van der Waals surface area (Å²) in [6.45, 7) is 2.04. The second-order valence-corrected chi connectivity index (χ2v) is 11.0. The Morgan fingerprint density at radius 1 is 1.03 bits per heavy atom. The molecule has 2 aromatic rings. The normalized spacial score (nSPS) is 22.7. The molecule has 0 unspecified atom stereocenters. The maximum atomic E-state index is 12.4. The number of fused-ring (bicyclic) bond motifs is 1. The van der Waals surface area contributed by atoms with E-state index in [1.165, 1.54) is 59.7 Å². The summed E-state index contributed by atoms with van der Waals surface area (Å²) in [7, 11) is 0. The van der Waals surface area contributed by atoms with Crippen molar-refractivity contribution in [3.8, 4) is 0 Å². The fourth-order valence-electron chi connectivity index (χ4n) is 5.22. The lowest BCUT2D eigenvalue weighted by Gasteiger charge is -2.23. The average Bonchev–Trinajstić information content (AvgIpc) is 3.06. The zero-order valence-electron chi connectivity index (χ0n) is 19.2. The van der Waals surface area contributed by atoms with E-state index in [4.69, 9.17) is 4.98 Å². The SMILES string of the molecule is Cc1cccc(NC(=O)C=C2CCC(c3nc4c(s3)CCC(=CC3CCC3)CC4)CC2)c1. The van der Waals surface area contributed by atoms with Crippen LogP contribution in [-0.4, -0.2) is 10.9 Å². The fourth-order valence-corrected chi connectivity index (χ4v) is 6.50. The lowest BCUT2D eigenvalue weighted by molar-refractivity contribution is -0.112. The van der Waals surface area contributed by atoms with Crippen molar-refractivity contribution in [1.29, 1.82) is 0 Å². The number of aryl methyl sites for hydroxylation is 3. The Morgan fingerprint density at radius 2 is 1.84 bits per heavy atom. The molecular weight excluding hydrogens is 412 g/mol. The van der Waals surface area contributed by atoms with E-state index in [-0.39, 0.29) is 5.91 Å². The summed E-state index contributed by atoms with van der Waals surface area (Å²) in [5.41, 5.74) is 6.35. The van der Waals surface area contributed by atoms with Gasteiger partial charge in [0.25, 0.3) is 0 Å². The number of nitrogens with zero attached hydrogens (tertiary/aromatic N) is 1. The first-order chi connectivity index (χ1) is 15.6. The maximum absolute atomic E-state index is 12.4. The maximum Gasteiger partial charge on any atom is 0.248 e. The van der Waals surface area contributed by atoms with Crippen molar-refractivity contribution in [2.75, 3.05) is 5.32 Å². The number of allylic oxidation sites excluding steroid dienone is 3. The van der Waals surface area contributed by atoms with Crippen LogP contribution >= 0.6 is 11.3 Å². The van der Waals surface area contributed by atoms with Crippen LogP contribution in [0.4, 0.5) is 5.69 Å². The highest BCUT2D eigenvalue weighted by Gasteiger charge is 2.25. The van der Waals surface area contributed by atoms with Gasteiger partial charge in [-0.2, -0.15) is 0 Å². The van der Waals surface area contributed by atoms with Crippen molar-refractivity contribution in [1.82, 2.24) is 4.98 Å². The predicted octanol–water partition coefficient (Wildman–Crippen LogP) is 7.28. The van der Waals surface area contributed by atoms with Gasteiger partial charge in [-0.1, -0.05) is 35.8 Å². The molecule has 32 heavy (non-hydrogen) atoms. The largest absolute Gasteiger partial charge is 0.323 e. The molecule has 1 aromatic heterocycles. The summed E-state index contributed by atoms with van der Waals surface area (Å²) >= 11 is 1.98. The molecule has 0 spiro atoms. The van der Waals surface area contributed by atoms with Crippen molar-refractivity contribution < 1.29 is 4.79 Å². The van der Waals surface area contributed by atoms with Crippen LogP contribution in [0.2, 0.25) is 0 Å². The first-order valence-electron chi connectivity index (χ1n) is 12.4. The van der Waals surface area contributed by atoms with E-state index in [1.54, 1.807) is 5.57 Å². The molecule has 1 heterocycles. The molecule has 0 radical (unpaired) electrons. The van der Waals surface area contributed by atoms with Gasteiger partial charge in [-0.25, -0.2) is 4.98 Å². The minimum Gasteiger partial charge on any atom is -0.323 e. The number of hydrogen-bond donors (Lipinski definition) is 1. The van der Waals surface area contributed by atoms with E-state index in [1.807, 2.05) is 48.6 Å². The molecule has 3 nitrogen and oxygen atoms in total. The summed E-state index contributed by atoms with van der Waals surface area (Å²) in [6, 6.07) is 7.97. The number of rotatable bonds is 4. The molecule has 4 heteroatoms. The average molecular weight is 447 g/mol. The van der Waals surface area contributed by atoms with Gasteiger partial charge in [0.1, 0.15) is 0 Å². The Labute approximate surface area is 196 Å². The lowest BCUT2D eigenvalue weighted by Crippen LogP contribution is -2.12. The lowest BCUT2D eigenvalue weighted by atomic mass is 9.83. The van der Waals surface area contributed by atoms with Crippen molar-refractivity contribution in [2.24, 2.45) is 5.92 Å². The number of benzene rings is 1. The number of aromatic nitrogens is 1. The number of thiazole rings is 1.